The van der Waals surface area contributed by atoms with E-state index in [1.54, 1.807) is 24.3 Å². The number of rotatable bonds is 4. The minimum absolute atomic E-state index is 0.0141. The van der Waals surface area contributed by atoms with E-state index in [1.807, 2.05) is 0 Å². The van der Waals surface area contributed by atoms with E-state index in [-0.39, 0.29) is 27.3 Å². The molecular formula is C21H19BrF2N2O4S. The molecule has 1 aliphatic heterocycles. The summed E-state index contributed by atoms with van der Waals surface area (Å²) in [5.41, 5.74) is 0.472. The Morgan fingerprint density at radius 3 is 2.42 bits per heavy atom. The van der Waals surface area contributed by atoms with Crippen molar-refractivity contribution >= 4 is 42.9 Å². The Hall–Kier alpha value is -2.46. The maximum Gasteiger partial charge on any atom is 0.407 e. The van der Waals surface area contributed by atoms with Crippen molar-refractivity contribution in [1.82, 2.24) is 8.87 Å². The summed E-state index contributed by atoms with van der Waals surface area (Å²) in [6.07, 6.45) is -1.89. The van der Waals surface area contributed by atoms with Crippen LogP contribution in [-0.4, -0.2) is 41.6 Å². The molecule has 0 unspecified atom stereocenters. The van der Waals surface area contributed by atoms with Crippen LogP contribution in [0.1, 0.15) is 36.3 Å². The molecule has 10 heteroatoms. The van der Waals surface area contributed by atoms with E-state index in [9.17, 15) is 22.0 Å². The molecule has 4 rings (SSSR count). The molecule has 0 aliphatic carbocycles. The molecule has 0 atom stereocenters. The SMILES string of the molecule is O=C(O)N1CCC(c2cccc3c2c(C(F)F)cn3S(=O)(=O)c2cccc(Br)c2)CC1. The van der Waals surface area contributed by atoms with E-state index in [1.165, 1.54) is 23.1 Å². The number of alkyl halides is 2. The van der Waals surface area contributed by atoms with E-state index in [0.29, 0.717) is 36.0 Å². The first-order chi connectivity index (χ1) is 14.7. The standard InChI is InChI=1S/C21H19BrF2N2O4S/c22-14-3-1-4-15(11-14)31(29,30)26-12-17(20(23)24)19-16(5-2-6-18(19)26)13-7-9-25(10-8-13)21(27)28/h1-6,11-13,20H,7-10H2,(H,27,28). The fraction of sp³-hybridized carbons (Fsp3) is 0.286. The molecule has 0 radical (unpaired) electrons. The first-order valence-electron chi connectivity index (χ1n) is 9.61. The molecule has 2 aromatic carbocycles. The summed E-state index contributed by atoms with van der Waals surface area (Å²) < 4.78 is 56.0. The first kappa shape index (κ1) is 21.8. The Kier molecular flexibility index (Phi) is 5.78. The average Bonchev–Trinajstić information content (AvgIpc) is 3.15. The number of benzene rings is 2. The van der Waals surface area contributed by atoms with Crippen LogP contribution in [0.15, 0.2) is 58.0 Å². The van der Waals surface area contributed by atoms with Gasteiger partial charge < -0.3 is 10.0 Å². The van der Waals surface area contributed by atoms with Gasteiger partial charge in [0, 0.05) is 34.7 Å². The Bertz CT molecular complexity index is 1250. The summed E-state index contributed by atoms with van der Waals surface area (Å²) in [4.78, 5) is 12.5. The lowest BCUT2D eigenvalue weighted by Crippen LogP contribution is -2.36. The minimum atomic E-state index is -4.10. The molecule has 0 saturated carbocycles. The molecule has 2 heterocycles. The van der Waals surface area contributed by atoms with Crippen molar-refractivity contribution in [3.63, 3.8) is 0 Å². The Morgan fingerprint density at radius 1 is 1.13 bits per heavy atom. The second-order valence-corrected chi connectivity index (χ2v) is 10.2. The molecule has 6 nitrogen and oxygen atoms in total. The average molecular weight is 513 g/mol. The van der Waals surface area contributed by atoms with Gasteiger partial charge in [-0.1, -0.05) is 34.1 Å². The van der Waals surface area contributed by atoms with Gasteiger partial charge in [0.2, 0.25) is 0 Å². The fourth-order valence-corrected chi connectivity index (χ4v) is 6.11. The summed E-state index contributed by atoms with van der Waals surface area (Å²) >= 11 is 3.24. The van der Waals surface area contributed by atoms with Gasteiger partial charge in [0.25, 0.3) is 16.4 Å². The number of piperidine rings is 1. The Balaban J connectivity index is 1.85. The molecule has 1 aliphatic rings. The van der Waals surface area contributed by atoms with E-state index in [0.717, 1.165) is 10.2 Å². The monoisotopic (exact) mass is 512 g/mol. The van der Waals surface area contributed by atoms with E-state index in [4.69, 9.17) is 5.11 Å². The van der Waals surface area contributed by atoms with Crippen LogP contribution in [-0.2, 0) is 10.0 Å². The maximum atomic E-state index is 14.0. The van der Waals surface area contributed by atoms with E-state index < -0.39 is 22.5 Å². The van der Waals surface area contributed by atoms with Crippen LogP contribution < -0.4 is 0 Å². The molecule has 1 amide bonds. The minimum Gasteiger partial charge on any atom is -0.465 e. The summed E-state index contributed by atoms with van der Waals surface area (Å²) in [6, 6.07) is 11.0. The van der Waals surface area contributed by atoms with Crippen molar-refractivity contribution in [1.29, 1.82) is 0 Å². The Labute approximate surface area is 186 Å². The van der Waals surface area contributed by atoms with Gasteiger partial charge in [0.1, 0.15) is 0 Å². The van der Waals surface area contributed by atoms with Gasteiger partial charge in [0.05, 0.1) is 10.4 Å². The van der Waals surface area contributed by atoms with Crippen molar-refractivity contribution in [2.75, 3.05) is 13.1 Å². The molecule has 164 valence electrons. The normalized spacial score (nSPS) is 15.7. The summed E-state index contributed by atoms with van der Waals surface area (Å²) in [7, 11) is -4.10. The number of hydrogen-bond acceptors (Lipinski definition) is 3. The van der Waals surface area contributed by atoms with Crippen LogP contribution in [0.3, 0.4) is 0 Å². The predicted molar refractivity (Wildman–Crippen MR) is 115 cm³/mol. The fourth-order valence-electron chi connectivity index (χ4n) is 4.14. The van der Waals surface area contributed by atoms with Crippen molar-refractivity contribution < 1.29 is 27.1 Å². The van der Waals surface area contributed by atoms with Crippen molar-refractivity contribution in [2.45, 2.75) is 30.1 Å². The zero-order chi connectivity index (χ0) is 22.3. The smallest absolute Gasteiger partial charge is 0.407 e. The highest BCUT2D eigenvalue weighted by atomic mass is 79.9. The zero-order valence-corrected chi connectivity index (χ0v) is 18.6. The van der Waals surface area contributed by atoms with Crippen LogP contribution in [0.4, 0.5) is 13.6 Å². The van der Waals surface area contributed by atoms with Crippen LogP contribution in [0.2, 0.25) is 0 Å². The number of fused-ring (bicyclic) bond motifs is 1. The van der Waals surface area contributed by atoms with Crippen molar-refractivity contribution in [3.05, 3.63) is 64.3 Å². The number of likely N-dealkylation sites (tertiary alicyclic amines) is 1. The molecule has 0 spiro atoms. The van der Waals surface area contributed by atoms with Gasteiger partial charge in [-0.05, 0) is 48.6 Å². The number of carbonyl (C=O) groups is 1. The quantitative estimate of drug-likeness (QED) is 0.504. The van der Waals surface area contributed by atoms with Crippen LogP contribution in [0.25, 0.3) is 10.9 Å². The molecule has 0 bridgehead atoms. The van der Waals surface area contributed by atoms with Gasteiger partial charge in [-0.2, -0.15) is 0 Å². The largest absolute Gasteiger partial charge is 0.465 e. The molecule has 1 N–H and O–H groups in total. The number of hydrogen-bond donors (Lipinski definition) is 1. The van der Waals surface area contributed by atoms with Gasteiger partial charge >= 0.3 is 6.09 Å². The lowest BCUT2D eigenvalue weighted by atomic mass is 9.86. The molecule has 1 fully saturated rings. The second-order valence-electron chi connectivity index (χ2n) is 7.43. The zero-order valence-electron chi connectivity index (χ0n) is 16.2. The second kappa shape index (κ2) is 8.23. The van der Waals surface area contributed by atoms with Crippen LogP contribution in [0, 0.1) is 0 Å². The number of aromatic nitrogens is 1. The third kappa shape index (κ3) is 3.94. The molecule has 31 heavy (non-hydrogen) atoms. The maximum absolute atomic E-state index is 14.0. The summed E-state index contributed by atoms with van der Waals surface area (Å²) in [5, 5.41) is 9.38. The van der Waals surface area contributed by atoms with E-state index >= 15 is 0 Å². The lowest BCUT2D eigenvalue weighted by molar-refractivity contribution is 0.132. The summed E-state index contributed by atoms with van der Waals surface area (Å²) in [5.74, 6) is -0.138. The third-order valence-electron chi connectivity index (χ3n) is 5.65. The molecule has 3 aromatic rings. The highest BCUT2D eigenvalue weighted by Gasteiger charge is 2.30. The summed E-state index contributed by atoms with van der Waals surface area (Å²) in [6.45, 7) is 0.606. The highest BCUT2D eigenvalue weighted by molar-refractivity contribution is 9.10. The van der Waals surface area contributed by atoms with Gasteiger partial charge in [0.15, 0.2) is 0 Å². The van der Waals surface area contributed by atoms with Gasteiger partial charge in [-0.25, -0.2) is 26.0 Å². The number of halogens is 3. The Morgan fingerprint density at radius 2 is 1.81 bits per heavy atom. The topological polar surface area (TPSA) is 79.6 Å². The van der Waals surface area contributed by atoms with Gasteiger partial charge in [-0.3, -0.25) is 0 Å². The predicted octanol–water partition coefficient (Wildman–Crippen LogP) is 5.44. The number of nitrogens with zero attached hydrogens (tertiary/aromatic N) is 2. The highest BCUT2D eigenvalue weighted by Crippen LogP contribution is 2.40. The van der Waals surface area contributed by atoms with Crippen LogP contribution >= 0.6 is 15.9 Å². The van der Waals surface area contributed by atoms with Crippen LogP contribution in [0.5, 0.6) is 0 Å². The lowest BCUT2D eigenvalue weighted by Gasteiger charge is -2.30. The van der Waals surface area contributed by atoms with Gasteiger partial charge in [-0.15, -0.1) is 0 Å². The number of carboxylic acid groups (broad SMARTS) is 1. The first-order valence-corrected chi connectivity index (χ1v) is 11.8. The van der Waals surface area contributed by atoms with Crippen molar-refractivity contribution in [2.24, 2.45) is 0 Å². The molecule has 1 aromatic heterocycles. The third-order valence-corrected chi connectivity index (χ3v) is 7.81. The number of amides is 1. The molecule has 1 saturated heterocycles. The van der Waals surface area contributed by atoms with E-state index in [2.05, 4.69) is 15.9 Å². The van der Waals surface area contributed by atoms with Crippen molar-refractivity contribution in [3.8, 4) is 0 Å². The molecular weight excluding hydrogens is 494 g/mol.